The third-order valence-corrected chi connectivity index (χ3v) is 12.3. The zero-order valence-electron chi connectivity index (χ0n) is 38.1. The molecule has 1 fully saturated rings. The third-order valence-electron chi connectivity index (χ3n) is 10.6. The van der Waals surface area contributed by atoms with Gasteiger partial charge in [-0.1, -0.05) is 45.0 Å². The van der Waals surface area contributed by atoms with Crippen LogP contribution in [0, 0.1) is 33.4 Å². The summed E-state index contributed by atoms with van der Waals surface area (Å²) >= 11 is 3.50. The first-order chi connectivity index (χ1) is 32.1. The van der Waals surface area contributed by atoms with Gasteiger partial charge in [-0.15, -0.1) is 11.3 Å². The first-order valence-corrected chi connectivity index (χ1v) is 24.0. The fourth-order valence-corrected chi connectivity index (χ4v) is 8.28. The molecule has 1 aliphatic heterocycles. The number of halogens is 4. The Hall–Kier alpha value is -4.71. The lowest BCUT2D eigenvalue weighted by Gasteiger charge is -2.35. The van der Waals surface area contributed by atoms with E-state index in [0.29, 0.717) is 75.4 Å². The number of carbonyl (C=O) groups is 4. The molecule has 2 heterocycles. The van der Waals surface area contributed by atoms with Gasteiger partial charge < -0.3 is 40.4 Å². The average Bonchev–Trinajstić information content (AvgIpc) is 3.97. The van der Waals surface area contributed by atoms with Crippen molar-refractivity contribution in [1.29, 1.82) is 0 Å². The number of anilines is 2. The molecule has 0 aliphatic carbocycles. The Morgan fingerprint density at radius 3 is 2.30 bits per heavy atom. The molecule has 3 aromatic carbocycles. The summed E-state index contributed by atoms with van der Waals surface area (Å²) in [5, 5.41) is 11.5. The number of rotatable bonds is 26. The monoisotopic (exact) mass is 1070 g/mol. The van der Waals surface area contributed by atoms with Crippen LogP contribution in [0.25, 0.3) is 10.4 Å². The summed E-state index contributed by atoms with van der Waals surface area (Å²) in [5.74, 6) is -4.89. The SMILES string of the molecule is Cc1ncsc1-c1ccc(CNC(=O)[C@@H]2CCCN2C(=O)[C@@H](NC(=O)CCOCCOCCOCCNCCCONC(=O)c2ccc(F)c(F)c2Nc2ccc(I)cc2F)C(C)(C)C)cc1. The number of hydroxylamine groups is 1. The van der Waals surface area contributed by atoms with Crippen molar-refractivity contribution in [3.05, 3.63) is 98.0 Å². The predicted octanol–water partition coefficient (Wildman–Crippen LogP) is 6.80. The molecule has 1 aliphatic rings. The van der Waals surface area contributed by atoms with E-state index in [-0.39, 0.29) is 55.2 Å². The van der Waals surface area contributed by atoms with Crippen molar-refractivity contribution < 1.29 is 51.4 Å². The number of benzene rings is 3. The molecule has 20 heteroatoms. The van der Waals surface area contributed by atoms with Crippen molar-refractivity contribution in [1.82, 2.24) is 31.3 Å². The van der Waals surface area contributed by atoms with Crippen LogP contribution in [0.5, 0.6) is 0 Å². The number of thiazole rings is 1. The summed E-state index contributed by atoms with van der Waals surface area (Å²) in [6, 6.07) is 12.6. The Morgan fingerprint density at radius 1 is 0.896 bits per heavy atom. The highest BCUT2D eigenvalue weighted by atomic mass is 127. The summed E-state index contributed by atoms with van der Waals surface area (Å²) in [5.41, 5.74) is 5.51. The van der Waals surface area contributed by atoms with E-state index in [9.17, 15) is 32.3 Å². The van der Waals surface area contributed by atoms with Gasteiger partial charge in [0.1, 0.15) is 17.9 Å². The number of nitrogens with one attached hydrogen (secondary N) is 5. The molecule has 2 atom stereocenters. The number of amides is 4. The van der Waals surface area contributed by atoms with E-state index in [2.05, 4.69) is 31.7 Å². The third kappa shape index (κ3) is 16.5. The van der Waals surface area contributed by atoms with Crippen molar-refractivity contribution in [2.75, 3.05) is 71.2 Å². The molecule has 1 aromatic heterocycles. The highest BCUT2D eigenvalue weighted by Crippen LogP contribution is 2.30. The second-order valence-electron chi connectivity index (χ2n) is 16.7. The topological polar surface area (TPSA) is 181 Å². The molecule has 4 aromatic rings. The minimum absolute atomic E-state index is 0.0514. The molecule has 0 radical (unpaired) electrons. The molecular weight excluding hydrogens is 1010 g/mol. The van der Waals surface area contributed by atoms with E-state index in [1.807, 2.05) is 80.1 Å². The second kappa shape index (κ2) is 26.7. The fraction of sp³-hybridized carbons (Fsp3) is 0.468. The Bertz CT molecular complexity index is 2270. The van der Waals surface area contributed by atoms with Crippen LogP contribution in [0.1, 0.15) is 68.1 Å². The lowest BCUT2D eigenvalue weighted by atomic mass is 9.85. The standard InChI is InChI=1S/C47H59F3IN7O8S/c1-30-42(67-29-54-30)32-10-8-31(9-11-32)28-53-45(61)38-7-5-19-58(38)46(62)43(47(2,3)4)56-39(59)16-21-63-23-25-65-26-24-64-22-18-52-17-6-20-66-57-44(60)34-13-14-35(48)40(50)41(34)55-37-15-12-33(51)27-36(37)49/h8-15,27,29,38,43,52,55H,5-7,16-26,28H2,1-4H3,(H,53,61)(H,56,59)(H,57,60)/t38-,43+/m0/s1. The molecule has 67 heavy (non-hydrogen) atoms. The minimum Gasteiger partial charge on any atom is -0.379 e. The summed E-state index contributed by atoms with van der Waals surface area (Å²) in [6.07, 6.45) is 1.81. The van der Waals surface area contributed by atoms with E-state index in [1.165, 1.54) is 12.1 Å². The first kappa shape index (κ1) is 53.2. The number of hydrogen-bond donors (Lipinski definition) is 5. The van der Waals surface area contributed by atoms with Crippen LogP contribution in [-0.4, -0.2) is 111 Å². The Kier molecular flexibility index (Phi) is 21.2. The van der Waals surface area contributed by atoms with Crippen LogP contribution in [0.2, 0.25) is 0 Å². The van der Waals surface area contributed by atoms with E-state index in [1.54, 1.807) is 22.3 Å². The van der Waals surface area contributed by atoms with Gasteiger partial charge in [-0.2, -0.15) is 0 Å². The molecule has 4 amide bonds. The van der Waals surface area contributed by atoms with Crippen molar-refractivity contribution in [3.63, 3.8) is 0 Å². The lowest BCUT2D eigenvalue weighted by Crippen LogP contribution is -2.57. The molecular formula is C47H59F3IN7O8S. The number of aryl methyl sites for hydroxylation is 1. The molecule has 5 N–H and O–H groups in total. The summed E-state index contributed by atoms with van der Waals surface area (Å²) in [7, 11) is 0. The Balaban J connectivity index is 0.874. The second-order valence-corrected chi connectivity index (χ2v) is 18.8. The van der Waals surface area contributed by atoms with E-state index in [0.717, 1.165) is 33.8 Å². The van der Waals surface area contributed by atoms with E-state index >= 15 is 0 Å². The average molecular weight is 1070 g/mol. The van der Waals surface area contributed by atoms with Gasteiger partial charge in [0.15, 0.2) is 11.6 Å². The molecule has 1 saturated heterocycles. The summed E-state index contributed by atoms with van der Waals surface area (Å²) in [4.78, 5) is 65.1. The molecule has 364 valence electrons. The smallest absolute Gasteiger partial charge is 0.277 e. The number of likely N-dealkylation sites (tertiary alicyclic amines) is 1. The van der Waals surface area contributed by atoms with Crippen molar-refractivity contribution in [2.24, 2.45) is 5.41 Å². The minimum atomic E-state index is -1.33. The zero-order chi connectivity index (χ0) is 48.3. The summed E-state index contributed by atoms with van der Waals surface area (Å²) in [6.45, 7) is 11.5. The molecule has 0 spiro atoms. The number of nitrogens with zero attached hydrogens (tertiary/aromatic N) is 2. The van der Waals surface area contributed by atoms with Crippen molar-refractivity contribution in [2.45, 2.75) is 72.0 Å². The normalized spacial score (nSPS) is 14.2. The van der Waals surface area contributed by atoms with Crippen molar-refractivity contribution in [3.8, 4) is 10.4 Å². The number of carbonyl (C=O) groups excluding carboxylic acids is 4. The molecule has 0 unspecified atom stereocenters. The molecule has 0 saturated carbocycles. The highest BCUT2D eigenvalue weighted by molar-refractivity contribution is 14.1. The van der Waals surface area contributed by atoms with Gasteiger partial charge in [0.05, 0.1) is 79.3 Å². The Morgan fingerprint density at radius 2 is 1.61 bits per heavy atom. The maximum Gasteiger partial charge on any atom is 0.277 e. The number of ether oxygens (including phenoxy) is 3. The van der Waals surface area contributed by atoms with Gasteiger partial charge in [-0.25, -0.2) is 23.6 Å². The summed E-state index contributed by atoms with van der Waals surface area (Å²) < 4.78 is 60.3. The van der Waals surface area contributed by atoms with Crippen LogP contribution in [0.15, 0.2) is 60.1 Å². The van der Waals surface area contributed by atoms with Gasteiger partial charge in [0.2, 0.25) is 17.7 Å². The van der Waals surface area contributed by atoms with Crippen LogP contribution >= 0.6 is 33.9 Å². The quantitative estimate of drug-likeness (QED) is 0.0254. The molecule has 5 rings (SSSR count). The molecule has 15 nitrogen and oxygen atoms in total. The Labute approximate surface area is 406 Å². The maximum atomic E-state index is 14.6. The van der Waals surface area contributed by atoms with Crippen LogP contribution < -0.4 is 26.7 Å². The fourth-order valence-electron chi connectivity index (χ4n) is 7.02. The lowest BCUT2D eigenvalue weighted by molar-refractivity contribution is -0.144. The van der Waals surface area contributed by atoms with Crippen LogP contribution in [0.3, 0.4) is 0 Å². The van der Waals surface area contributed by atoms with Gasteiger partial charge >= 0.3 is 0 Å². The van der Waals surface area contributed by atoms with E-state index in [4.69, 9.17) is 19.0 Å². The van der Waals surface area contributed by atoms with Gasteiger partial charge in [-0.3, -0.25) is 24.0 Å². The van der Waals surface area contributed by atoms with Crippen LogP contribution in [0.4, 0.5) is 24.5 Å². The first-order valence-electron chi connectivity index (χ1n) is 22.1. The molecule has 0 bridgehead atoms. The highest BCUT2D eigenvalue weighted by Gasteiger charge is 2.41. The van der Waals surface area contributed by atoms with Crippen LogP contribution in [-0.2, 0) is 40.0 Å². The van der Waals surface area contributed by atoms with Gasteiger partial charge in [0, 0.05) is 29.6 Å². The number of aromatic nitrogens is 1. The largest absolute Gasteiger partial charge is 0.379 e. The van der Waals surface area contributed by atoms with E-state index < -0.39 is 46.5 Å². The van der Waals surface area contributed by atoms with Gasteiger partial charge in [0.25, 0.3) is 5.91 Å². The number of hydrogen-bond acceptors (Lipinski definition) is 12. The van der Waals surface area contributed by atoms with Crippen molar-refractivity contribution >= 4 is 68.9 Å². The predicted molar refractivity (Wildman–Crippen MR) is 257 cm³/mol. The van der Waals surface area contributed by atoms with Gasteiger partial charge in [-0.05, 0) is 102 Å². The maximum absolute atomic E-state index is 14.6. The zero-order valence-corrected chi connectivity index (χ0v) is 41.1.